The second kappa shape index (κ2) is 4.38. The van der Waals surface area contributed by atoms with E-state index in [-0.39, 0.29) is 0 Å². The summed E-state index contributed by atoms with van der Waals surface area (Å²) in [5, 5.41) is 13.3. The van der Waals surface area contributed by atoms with Crippen LogP contribution in [-0.2, 0) is 5.60 Å². The van der Waals surface area contributed by atoms with Gasteiger partial charge in [0.2, 0.25) is 0 Å². The van der Waals surface area contributed by atoms with Crippen LogP contribution in [0.2, 0.25) is 10.0 Å². The van der Waals surface area contributed by atoms with Gasteiger partial charge in [-0.15, -0.1) is 11.3 Å². The first-order valence-corrected chi connectivity index (χ1v) is 6.37. The van der Waals surface area contributed by atoms with Crippen LogP contribution in [0.5, 0.6) is 0 Å². The second-order valence-electron chi connectivity index (χ2n) is 3.68. The number of hydrogen-bond donors (Lipinski definition) is 1. The van der Waals surface area contributed by atoms with Crippen LogP contribution in [0, 0.1) is 0 Å². The van der Waals surface area contributed by atoms with Crippen LogP contribution < -0.4 is 0 Å². The lowest BCUT2D eigenvalue weighted by atomic mass is 9.94. The van der Waals surface area contributed by atoms with E-state index in [0.29, 0.717) is 10.0 Å². The molecule has 0 radical (unpaired) electrons. The van der Waals surface area contributed by atoms with Crippen molar-refractivity contribution in [3.63, 3.8) is 0 Å². The van der Waals surface area contributed by atoms with E-state index in [4.69, 9.17) is 23.2 Å². The lowest BCUT2D eigenvalue weighted by molar-refractivity contribution is 0.106. The first-order chi connectivity index (χ1) is 7.51. The standard InChI is InChI=1S/C12H10Cl2OS/c1-12(15,11-3-2-6-16-11)8-4-5-9(13)10(14)7-8/h2-7,15H,1H3. The highest BCUT2D eigenvalue weighted by Crippen LogP contribution is 2.35. The predicted octanol–water partition coefficient (Wildman–Crippen LogP) is 4.31. The van der Waals surface area contributed by atoms with E-state index in [9.17, 15) is 5.11 Å². The Morgan fingerprint density at radius 1 is 1.19 bits per heavy atom. The molecule has 0 aliphatic rings. The second-order valence-corrected chi connectivity index (χ2v) is 5.44. The van der Waals surface area contributed by atoms with Crippen molar-refractivity contribution in [1.29, 1.82) is 0 Å². The minimum atomic E-state index is -1.03. The Balaban J connectivity index is 2.47. The Bertz CT molecular complexity index is 492. The molecular formula is C12H10Cl2OS. The van der Waals surface area contributed by atoms with Crippen LogP contribution in [0.1, 0.15) is 17.4 Å². The normalized spacial score (nSPS) is 14.8. The summed E-state index contributed by atoms with van der Waals surface area (Å²) in [6, 6.07) is 8.98. The molecule has 1 aromatic carbocycles. The Morgan fingerprint density at radius 3 is 2.50 bits per heavy atom. The lowest BCUT2D eigenvalue weighted by Gasteiger charge is -2.22. The van der Waals surface area contributed by atoms with Gasteiger partial charge in [-0.25, -0.2) is 0 Å². The van der Waals surface area contributed by atoms with Crippen molar-refractivity contribution in [2.45, 2.75) is 12.5 Å². The minimum absolute atomic E-state index is 0.455. The minimum Gasteiger partial charge on any atom is -0.380 e. The molecule has 0 aliphatic heterocycles. The highest BCUT2D eigenvalue weighted by molar-refractivity contribution is 7.10. The van der Waals surface area contributed by atoms with Crippen LogP contribution in [0.15, 0.2) is 35.7 Å². The maximum absolute atomic E-state index is 10.5. The molecule has 0 spiro atoms. The maximum atomic E-state index is 10.5. The average molecular weight is 273 g/mol. The summed E-state index contributed by atoms with van der Waals surface area (Å²) in [7, 11) is 0. The molecule has 1 atom stereocenters. The molecule has 0 fully saturated rings. The zero-order chi connectivity index (χ0) is 11.8. The predicted molar refractivity (Wildman–Crippen MR) is 69.5 cm³/mol. The molecule has 1 aromatic heterocycles. The summed E-state index contributed by atoms with van der Waals surface area (Å²) in [6.45, 7) is 1.75. The fraction of sp³-hybridized carbons (Fsp3) is 0.167. The number of halogens is 2. The number of rotatable bonds is 2. The number of thiophene rings is 1. The molecule has 0 bridgehead atoms. The topological polar surface area (TPSA) is 20.2 Å². The molecule has 0 saturated carbocycles. The Hall–Kier alpha value is -0.540. The van der Waals surface area contributed by atoms with Gasteiger partial charge in [0.1, 0.15) is 5.60 Å². The summed E-state index contributed by atoms with van der Waals surface area (Å²) in [6.07, 6.45) is 0. The van der Waals surface area contributed by atoms with Crippen molar-refractivity contribution in [1.82, 2.24) is 0 Å². The summed E-state index contributed by atoms with van der Waals surface area (Å²) < 4.78 is 0. The quantitative estimate of drug-likeness (QED) is 0.864. The third-order valence-electron chi connectivity index (χ3n) is 2.48. The third kappa shape index (κ3) is 2.11. The molecule has 0 amide bonds. The Kier molecular flexibility index (Phi) is 3.27. The molecular weight excluding hydrogens is 263 g/mol. The van der Waals surface area contributed by atoms with Gasteiger partial charge in [-0.1, -0.05) is 35.3 Å². The number of hydrogen-bond acceptors (Lipinski definition) is 2. The van der Waals surface area contributed by atoms with E-state index in [1.165, 1.54) is 11.3 Å². The summed E-state index contributed by atoms with van der Waals surface area (Å²) in [4.78, 5) is 0.880. The zero-order valence-corrected chi connectivity index (χ0v) is 10.9. The molecule has 16 heavy (non-hydrogen) atoms. The smallest absolute Gasteiger partial charge is 0.121 e. The van der Waals surface area contributed by atoms with Gasteiger partial charge >= 0.3 is 0 Å². The van der Waals surface area contributed by atoms with E-state index in [1.54, 1.807) is 25.1 Å². The van der Waals surface area contributed by atoms with Gasteiger partial charge in [0.15, 0.2) is 0 Å². The van der Waals surface area contributed by atoms with Gasteiger partial charge in [-0.2, -0.15) is 0 Å². The first kappa shape index (κ1) is 11.9. The van der Waals surface area contributed by atoms with Crippen molar-refractivity contribution in [2.24, 2.45) is 0 Å². The molecule has 0 saturated heterocycles. The number of aliphatic hydroxyl groups is 1. The molecule has 1 heterocycles. The zero-order valence-electron chi connectivity index (χ0n) is 8.58. The van der Waals surface area contributed by atoms with Gasteiger partial charge in [0, 0.05) is 4.88 Å². The van der Waals surface area contributed by atoms with E-state index in [0.717, 1.165) is 10.4 Å². The average Bonchev–Trinajstić information content (AvgIpc) is 2.75. The largest absolute Gasteiger partial charge is 0.380 e. The van der Waals surface area contributed by atoms with Gasteiger partial charge in [-0.3, -0.25) is 0 Å². The molecule has 84 valence electrons. The number of benzene rings is 1. The Labute approximate surface area is 108 Å². The molecule has 1 unspecified atom stereocenters. The van der Waals surface area contributed by atoms with E-state index in [2.05, 4.69) is 0 Å². The van der Waals surface area contributed by atoms with Crippen LogP contribution in [0.4, 0.5) is 0 Å². The van der Waals surface area contributed by atoms with Gasteiger partial charge in [0.05, 0.1) is 10.0 Å². The van der Waals surface area contributed by atoms with E-state index in [1.807, 2.05) is 17.5 Å². The van der Waals surface area contributed by atoms with Gasteiger partial charge in [-0.05, 0) is 36.1 Å². The fourth-order valence-electron chi connectivity index (χ4n) is 1.50. The van der Waals surface area contributed by atoms with Crippen LogP contribution >= 0.6 is 34.5 Å². The highest BCUT2D eigenvalue weighted by Gasteiger charge is 2.27. The summed E-state index contributed by atoms with van der Waals surface area (Å²) in [5.74, 6) is 0. The van der Waals surface area contributed by atoms with Crippen LogP contribution in [-0.4, -0.2) is 5.11 Å². The summed E-state index contributed by atoms with van der Waals surface area (Å²) >= 11 is 13.3. The van der Waals surface area contributed by atoms with Crippen molar-refractivity contribution in [3.05, 3.63) is 56.2 Å². The van der Waals surface area contributed by atoms with Crippen molar-refractivity contribution in [3.8, 4) is 0 Å². The molecule has 2 rings (SSSR count). The van der Waals surface area contributed by atoms with Crippen LogP contribution in [0.25, 0.3) is 0 Å². The maximum Gasteiger partial charge on any atom is 0.121 e. The summed E-state index contributed by atoms with van der Waals surface area (Å²) in [5.41, 5.74) is -0.285. The van der Waals surface area contributed by atoms with Crippen molar-refractivity contribution < 1.29 is 5.11 Å². The van der Waals surface area contributed by atoms with Crippen molar-refractivity contribution in [2.75, 3.05) is 0 Å². The first-order valence-electron chi connectivity index (χ1n) is 4.73. The lowest BCUT2D eigenvalue weighted by Crippen LogP contribution is -2.21. The van der Waals surface area contributed by atoms with Crippen molar-refractivity contribution >= 4 is 34.5 Å². The SMILES string of the molecule is CC(O)(c1ccc(Cl)c(Cl)c1)c1cccs1. The highest BCUT2D eigenvalue weighted by atomic mass is 35.5. The van der Waals surface area contributed by atoms with E-state index < -0.39 is 5.60 Å². The van der Waals surface area contributed by atoms with Gasteiger partial charge in [0.25, 0.3) is 0 Å². The molecule has 2 aromatic rings. The Morgan fingerprint density at radius 2 is 1.94 bits per heavy atom. The van der Waals surface area contributed by atoms with E-state index >= 15 is 0 Å². The molecule has 1 nitrogen and oxygen atoms in total. The fourth-order valence-corrected chi connectivity index (χ4v) is 2.60. The molecule has 0 aliphatic carbocycles. The monoisotopic (exact) mass is 272 g/mol. The third-order valence-corrected chi connectivity index (χ3v) is 4.30. The van der Waals surface area contributed by atoms with Gasteiger partial charge < -0.3 is 5.11 Å². The van der Waals surface area contributed by atoms with Crippen LogP contribution in [0.3, 0.4) is 0 Å². The molecule has 1 N–H and O–H groups in total. The molecule has 4 heteroatoms.